The van der Waals surface area contributed by atoms with Crippen molar-refractivity contribution in [1.82, 2.24) is 14.8 Å². The van der Waals surface area contributed by atoms with Crippen molar-refractivity contribution in [3.05, 3.63) is 64.9 Å². The molecule has 1 aromatic heterocycles. The molecule has 2 aromatic rings. The molecule has 0 bridgehead atoms. The van der Waals surface area contributed by atoms with Crippen LogP contribution in [0, 0.1) is 0 Å². The van der Waals surface area contributed by atoms with Gasteiger partial charge in [0.2, 0.25) is 0 Å². The first kappa shape index (κ1) is 14.5. The summed E-state index contributed by atoms with van der Waals surface area (Å²) < 4.78 is 0. The fourth-order valence-electron chi connectivity index (χ4n) is 2.71. The van der Waals surface area contributed by atoms with Crippen LogP contribution in [0.25, 0.3) is 0 Å². The molecule has 0 atom stereocenters. The SMILES string of the molecule is Clc1ccnc(CN2CCN(Cc3ccccc3)CC2)c1. The number of halogens is 1. The average Bonchev–Trinajstić information content (AvgIpc) is 2.50. The first-order chi connectivity index (χ1) is 10.3. The fourth-order valence-corrected chi connectivity index (χ4v) is 2.89. The molecule has 0 spiro atoms. The van der Waals surface area contributed by atoms with Crippen molar-refractivity contribution in [3.8, 4) is 0 Å². The molecule has 1 aliphatic heterocycles. The Labute approximate surface area is 131 Å². The van der Waals surface area contributed by atoms with Gasteiger partial charge in [0.25, 0.3) is 0 Å². The Morgan fingerprint density at radius 2 is 1.57 bits per heavy atom. The van der Waals surface area contributed by atoms with Crippen molar-refractivity contribution in [1.29, 1.82) is 0 Å². The maximum atomic E-state index is 6.01. The lowest BCUT2D eigenvalue weighted by Crippen LogP contribution is -2.45. The Bertz CT molecular complexity index is 565. The molecule has 0 saturated carbocycles. The summed E-state index contributed by atoms with van der Waals surface area (Å²) in [4.78, 5) is 9.34. The number of hydrogen-bond donors (Lipinski definition) is 0. The third kappa shape index (κ3) is 4.27. The number of rotatable bonds is 4. The minimum absolute atomic E-state index is 0.766. The highest BCUT2D eigenvalue weighted by molar-refractivity contribution is 6.30. The van der Waals surface area contributed by atoms with E-state index in [4.69, 9.17) is 11.6 Å². The number of nitrogens with zero attached hydrogens (tertiary/aromatic N) is 3. The number of benzene rings is 1. The Hall–Kier alpha value is -1.42. The third-order valence-corrected chi connectivity index (χ3v) is 4.11. The Morgan fingerprint density at radius 3 is 2.24 bits per heavy atom. The van der Waals surface area contributed by atoms with E-state index in [2.05, 4.69) is 45.1 Å². The molecule has 2 heterocycles. The van der Waals surface area contributed by atoms with Gasteiger partial charge in [-0.2, -0.15) is 0 Å². The summed E-state index contributed by atoms with van der Waals surface area (Å²) in [5.74, 6) is 0. The van der Waals surface area contributed by atoms with Crippen LogP contribution < -0.4 is 0 Å². The van der Waals surface area contributed by atoms with E-state index in [1.807, 2.05) is 12.1 Å². The highest BCUT2D eigenvalue weighted by Gasteiger charge is 2.17. The van der Waals surface area contributed by atoms with Crippen molar-refractivity contribution in [2.75, 3.05) is 26.2 Å². The van der Waals surface area contributed by atoms with Gasteiger partial charge in [0.15, 0.2) is 0 Å². The molecule has 1 aromatic carbocycles. The summed E-state index contributed by atoms with van der Waals surface area (Å²) in [6.07, 6.45) is 1.78. The molecule has 1 fully saturated rings. The van der Waals surface area contributed by atoms with E-state index >= 15 is 0 Å². The zero-order chi connectivity index (χ0) is 14.5. The molecule has 1 saturated heterocycles. The summed E-state index contributed by atoms with van der Waals surface area (Å²) >= 11 is 6.01. The van der Waals surface area contributed by atoms with Crippen LogP contribution in [0.3, 0.4) is 0 Å². The van der Waals surface area contributed by atoms with Crippen LogP contribution in [0.1, 0.15) is 11.3 Å². The highest BCUT2D eigenvalue weighted by Crippen LogP contribution is 2.13. The summed E-state index contributed by atoms with van der Waals surface area (Å²) in [5, 5.41) is 0.766. The van der Waals surface area contributed by atoms with Gasteiger partial charge in [0, 0.05) is 50.5 Å². The van der Waals surface area contributed by atoms with E-state index in [0.717, 1.165) is 50.0 Å². The molecule has 21 heavy (non-hydrogen) atoms. The zero-order valence-electron chi connectivity index (χ0n) is 12.1. The van der Waals surface area contributed by atoms with Gasteiger partial charge in [-0.1, -0.05) is 41.9 Å². The smallest absolute Gasteiger partial charge is 0.0558 e. The molecule has 0 N–H and O–H groups in total. The predicted molar refractivity (Wildman–Crippen MR) is 86.2 cm³/mol. The van der Waals surface area contributed by atoms with E-state index in [1.165, 1.54) is 5.56 Å². The van der Waals surface area contributed by atoms with E-state index in [1.54, 1.807) is 6.20 Å². The first-order valence-corrected chi connectivity index (χ1v) is 7.76. The topological polar surface area (TPSA) is 19.4 Å². The standard InChI is InChI=1S/C17H20ClN3/c18-16-6-7-19-17(12-16)14-21-10-8-20(9-11-21)13-15-4-2-1-3-5-15/h1-7,12H,8-11,13-14H2. The summed E-state index contributed by atoms with van der Waals surface area (Å²) in [6.45, 7) is 6.32. The summed E-state index contributed by atoms with van der Waals surface area (Å²) in [5.41, 5.74) is 2.45. The number of hydrogen-bond acceptors (Lipinski definition) is 3. The molecule has 0 amide bonds. The molecule has 4 heteroatoms. The third-order valence-electron chi connectivity index (χ3n) is 3.88. The molecule has 1 aliphatic rings. The quantitative estimate of drug-likeness (QED) is 0.865. The largest absolute Gasteiger partial charge is 0.297 e. The van der Waals surface area contributed by atoms with Crippen molar-refractivity contribution >= 4 is 11.6 Å². The van der Waals surface area contributed by atoms with Crippen LogP contribution in [-0.2, 0) is 13.1 Å². The molecule has 3 rings (SSSR count). The Kier molecular flexibility index (Phi) is 4.86. The average molecular weight is 302 g/mol. The molecule has 0 radical (unpaired) electrons. The minimum Gasteiger partial charge on any atom is -0.297 e. The van der Waals surface area contributed by atoms with Crippen LogP contribution in [0.4, 0.5) is 0 Å². The van der Waals surface area contributed by atoms with Crippen LogP contribution >= 0.6 is 11.6 Å². The lowest BCUT2D eigenvalue weighted by atomic mass is 10.2. The molecule has 110 valence electrons. The zero-order valence-corrected chi connectivity index (χ0v) is 12.8. The van der Waals surface area contributed by atoms with Gasteiger partial charge in [-0.3, -0.25) is 14.8 Å². The predicted octanol–water partition coefficient (Wildman–Crippen LogP) is 3.05. The Morgan fingerprint density at radius 1 is 0.905 bits per heavy atom. The fraction of sp³-hybridized carbons (Fsp3) is 0.353. The van der Waals surface area contributed by atoms with Gasteiger partial charge in [0.1, 0.15) is 0 Å². The number of aromatic nitrogens is 1. The second kappa shape index (κ2) is 7.03. The lowest BCUT2D eigenvalue weighted by molar-refractivity contribution is 0.121. The second-order valence-electron chi connectivity index (χ2n) is 5.50. The number of piperazine rings is 1. The highest BCUT2D eigenvalue weighted by atomic mass is 35.5. The van der Waals surface area contributed by atoms with E-state index in [-0.39, 0.29) is 0 Å². The number of pyridine rings is 1. The van der Waals surface area contributed by atoms with E-state index in [0.29, 0.717) is 0 Å². The van der Waals surface area contributed by atoms with Crippen molar-refractivity contribution in [2.45, 2.75) is 13.1 Å². The van der Waals surface area contributed by atoms with Crippen LogP contribution in [0.2, 0.25) is 5.02 Å². The normalized spacial score (nSPS) is 17.0. The van der Waals surface area contributed by atoms with E-state index in [9.17, 15) is 0 Å². The van der Waals surface area contributed by atoms with Crippen LogP contribution in [0.5, 0.6) is 0 Å². The molecule has 0 unspecified atom stereocenters. The minimum atomic E-state index is 0.766. The monoisotopic (exact) mass is 301 g/mol. The van der Waals surface area contributed by atoms with Gasteiger partial charge in [0.05, 0.1) is 5.69 Å². The van der Waals surface area contributed by atoms with Gasteiger partial charge >= 0.3 is 0 Å². The Balaban J connectivity index is 1.49. The molecule has 0 aliphatic carbocycles. The molecule has 3 nitrogen and oxygen atoms in total. The maximum absolute atomic E-state index is 6.01. The van der Waals surface area contributed by atoms with Crippen LogP contribution in [0.15, 0.2) is 48.7 Å². The van der Waals surface area contributed by atoms with Crippen molar-refractivity contribution in [3.63, 3.8) is 0 Å². The first-order valence-electron chi connectivity index (χ1n) is 7.39. The summed E-state index contributed by atoms with van der Waals surface area (Å²) in [7, 11) is 0. The molecular formula is C17H20ClN3. The van der Waals surface area contributed by atoms with Gasteiger partial charge in [-0.15, -0.1) is 0 Å². The van der Waals surface area contributed by atoms with Gasteiger partial charge in [-0.25, -0.2) is 0 Å². The van der Waals surface area contributed by atoms with Crippen LogP contribution in [-0.4, -0.2) is 41.0 Å². The van der Waals surface area contributed by atoms with Crippen molar-refractivity contribution < 1.29 is 0 Å². The lowest BCUT2D eigenvalue weighted by Gasteiger charge is -2.34. The maximum Gasteiger partial charge on any atom is 0.0558 e. The van der Waals surface area contributed by atoms with E-state index < -0.39 is 0 Å². The molecular weight excluding hydrogens is 282 g/mol. The summed E-state index contributed by atoms with van der Waals surface area (Å²) in [6, 6.07) is 14.5. The van der Waals surface area contributed by atoms with Gasteiger partial charge < -0.3 is 0 Å². The second-order valence-corrected chi connectivity index (χ2v) is 5.94. The van der Waals surface area contributed by atoms with Gasteiger partial charge in [-0.05, 0) is 17.7 Å². The van der Waals surface area contributed by atoms with Crippen molar-refractivity contribution in [2.24, 2.45) is 0 Å².